The Morgan fingerprint density at radius 2 is 1.74 bits per heavy atom. The average Bonchev–Trinajstić information content (AvgIpc) is 3.32. The number of aryl methyl sites for hydroxylation is 2. The molecule has 11 nitrogen and oxygen atoms in total. The Balaban J connectivity index is 1.16. The minimum Gasteiger partial charge on any atom is -0.445 e. The van der Waals surface area contributed by atoms with E-state index in [0.717, 1.165) is 39.5 Å². The van der Waals surface area contributed by atoms with E-state index in [1.165, 1.54) is 0 Å². The summed E-state index contributed by atoms with van der Waals surface area (Å²) in [5.74, 6) is 0.715. The average molecular weight is 638 g/mol. The van der Waals surface area contributed by atoms with Crippen LogP contribution in [0.4, 0.5) is 15.4 Å². The van der Waals surface area contributed by atoms with Crippen LogP contribution in [-0.4, -0.2) is 68.7 Å². The monoisotopic (exact) mass is 637 g/mol. The van der Waals surface area contributed by atoms with Gasteiger partial charge in [-0.25, -0.2) is 9.59 Å². The van der Waals surface area contributed by atoms with Gasteiger partial charge in [0.15, 0.2) is 0 Å². The molecule has 246 valence electrons. The number of ether oxygens (including phenoxy) is 1. The van der Waals surface area contributed by atoms with Gasteiger partial charge in [-0.3, -0.25) is 9.48 Å². The molecule has 2 aliphatic rings. The fourth-order valence-electron chi connectivity index (χ4n) is 5.81. The summed E-state index contributed by atoms with van der Waals surface area (Å²) >= 11 is 0. The fourth-order valence-corrected chi connectivity index (χ4v) is 5.81. The number of aromatic nitrogens is 2. The first-order chi connectivity index (χ1) is 22.7. The summed E-state index contributed by atoms with van der Waals surface area (Å²) in [6, 6.07) is 15.1. The number of carbonyl (C=O) groups excluding carboxylic acids is 3. The first kappa shape index (κ1) is 33.1. The number of nitrogens with one attached hydrogen (secondary N) is 2. The van der Waals surface area contributed by atoms with E-state index in [2.05, 4.69) is 22.3 Å². The predicted molar refractivity (Wildman–Crippen MR) is 181 cm³/mol. The lowest BCUT2D eigenvalue weighted by molar-refractivity contribution is 0.0800. The normalized spacial score (nSPS) is 15.3. The number of anilines is 1. The number of amides is 4. The maximum Gasteiger partial charge on any atom is 0.410 e. The van der Waals surface area contributed by atoms with Gasteiger partial charge >= 0.3 is 12.1 Å². The van der Waals surface area contributed by atoms with E-state index >= 15 is 0 Å². The maximum absolute atomic E-state index is 13.9. The van der Waals surface area contributed by atoms with Crippen molar-refractivity contribution >= 4 is 23.8 Å². The molecule has 2 aromatic carbocycles. The Labute approximate surface area is 276 Å². The molecule has 2 N–H and O–H groups in total. The van der Waals surface area contributed by atoms with Gasteiger partial charge in [0.25, 0.3) is 5.91 Å². The van der Waals surface area contributed by atoms with Crippen molar-refractivity contribution in [2.45, 2.75) is 46.4 Å². The Kier molecular flexibility index (Phi) is 10.8. The summed E-state index contributed by atoms with van der Waals surface area (Å²) in [6.45, 7) is 10.7. The number of urea groups is 1. The molecule has 5 rings (SSSR count). The minimum absolute atomic E-state index is 0.135. The van der Waals surface area contributed by atoms with Crippen LogP contribution in [0.3, 0.4) is 0 Å². The van der Waals surface area contributed by atoms with Crippen LogP contribution < -0.4 is 10.6 Å². The quantitative estimate of drug-likeness (QED) is 0.321. The summed E-state index contributed by atoms with van der Waals surface area (Å²) in [4.78, 5) is 44.9. The molecule has 0 radical (unpaired) electrons. The highest BCUT2D eigenvalue weighted by atomic mass is 16.6. The highest BCUT2D eigenvalue weighted by Gasteiger charge is 2.27. The second-order valence-corrected chi connectivity index (χ2v) is 11.8. The fraction of sp³-hybridized carbons (Fsp3) is 0.333. The van der Waals surface area contributed by atoms with Gasteiger partial charge in [0.2, 0.25) is 0 Å². The minimum atomic E-state index is -0.325. The maximum atomic E-state index is 13.9. The summed E-state index contributed by atoms with van der Waals surface area (Å²) in [6.07, 6.45) is 8.15. The van der Waals surface area contributed by atoms with Gasteiger partial charge in [-0.1, -0.05) is 55.1 Å². The molecule has 11 heteroatoms. The van der Waals surface area contributed by atoms with E-state index in [0.29, 0.717) is 57.7 Å². The SMILES string of the molecule is C=C/C=C\C1=C(C)Nc2c(cnn2C)CN1C(=O)c1ccc(CNC(=O)N2CCCN(C(=O)OCc3ccccc3)CCC2)c(C)c1. The third kappa shape index (κ3) is 8.10. The number of hydrogen-bond acceptors (Lipinski definition) is 6. The highest BCUT2D eigenvalue weighted by molar-refractivity contribution is 5.96. The van der Waals surface area contributed by atoms with E-state index in [1.807, 2.05) is 81.6 Å². The van der Waals surface area contributed by atoms with Crippen LogP contribution in [0.2, 0.25) is 0 Å². The topological polar surface area (TPSA) is 112 Å². The number of benzene rings is 2. The molecular formula is C36H43N7O4. The Morgan fingerprint density at radius 3 is 2.45 bits per heavy atom. The molecule has 1 saturated heterocycles. The predicted octanol–water partition coefficient (Wildman–Crippen LogP) is 5.71. The number of allylic oxidation sites excluding steroid dienone is 4. The van der Waals surface area contributed by atoms with Crippen molar-refractivity contribution < 1.29 is 19.1 Å². The van der Waals surface area contributed by atoms with Gasteiger partial charge in [-0.15, -0.1) is 0 Å². The second kappa shape index (κ2) is 15.3. The molecule has 0 spiro atoms. The zero-order valence-corrected chi connectivity index (χ0v) is 27.4. The lowest BCUT2D eigenvalue weighted by Crippen LogP contribution is -2.45. The molecule has 3 aromatic rings. The Bertz CT molecular complexity index is 1670. The molecule has 0 aliphatic carbocycles. The van der Waals surface area contributed by atoms with E-state index in [9.17, 15) is 14.4 Å². The first-order valence-electron chi connectivity index (χ1n) is 15.9. The zero-order valence-electron chi connectivity index (χ0n) is 27.4. The first-order valence-corrected chi connectivity index (χ1v) is 15.9. The van der Waals surface area contributed by atoms with Crippen molar-refractivity contribution in [3.63, 3.8) is 0 Å². The van der Waals surface area contributed by atoms with Crippen LogP contribution in [0.1, 0.15) is 52.4 Å². The van der Waals surface area contributed by atoms with Gasteiger partial charge in [-0.2, -0.15) is 5.10 Å². The van der Waals surface area contributed by atoms with E-state index in [1.54, 1.807) is 31.7 Å². The zero-order chi connectivity index (χ0) is 33.3. The van der Waals surface area contributed by atoms with Crippen LogP contribution in [0, 0.1) is 6.92 Å². The second-order valence-electron chi connectivity index (χ2n) is 11.8. The van der Waals surface area contributed by atoms with Gasteiger partial charge in [-0.05, 0) is 61.6 Å². The highest BCUT2D eigenvalue weighted by Crippen LogP contribution is 2.29. The van der Waals surface area contributed by atoms with Crippen molar-refractivity contribution in [3.05, 3.63) is 119 Å². The molecule has 1 fully saturated rings. The standard InChI is InChI=1S/C36H43N7O4/c1-5-6-14-32-27(3)39-33-31(23-38-40(33)4)24-43(32)34(44)29-15-16-30(26(2)21-29)22-37-35(45)41-17-10-19-42(20-11-18-41)36(46)47-25-28-12-8-7-9-13-28/h5-9,12-16,21,23,39H,1,10-11,17-20,22,24-25H2,2-4H3,(H,37,45)/b14-6-. The lowest BCUT2D eigenvalue weighted by atomic mass is 10.0. The summed E-state index contributed by atoms with van der Waals surface area (Å²) in [5.41, 5.74) is 5.84. The Morgan fingerprint density at radius 1 is 1.02 bits per heavy atom. The molecule has 1 aromatic heterocycles. The number of fused-ring (bicyclic) bond motifs is 1. The molecule has 0 atom stereocenters. The molecular weight excluding hydrogens is 594 g/mol. The van der Waals surface area contributed by atoms with Crippen LogP contribution in [0.5, 0.6) is 0 Å². The van der Waals surface area contributed by atoms with Gasteiger partial charge < -0.3 is 30.1 Å². The summed E-state index contributed by atoms with van der Waals surface area (Å²) in [5, 5.41) is 10.8. The van der Waals surface area contributed by atoms with Crippen molar-refractivity contribution in [2.75, 3.05) is 31.5 Å². The molecule has 3 heterocycles. The summed E-state index contributed by atoms with van der Waals surface area (Å²) in [7, 11) is 1.87. The van der Waals surface area contributed by atoms with Crippen molar-refractivity contribution in [1.82, 2.24) is 29.8 Å². The number of hydrogen-bond donors (Lipinski definition) is 2. The van der Waals surface area contributed by atoms with Gasteiger partial charge in [0, 0.05) is 56.6 Å². The number of nitrogens with zero attached hydrogens (tertiary/aromatic N) is 5. The summed E-state index contributed by atoms with van der Waals surface area (Å²) < 4.78 is 7.26. The van der Waals surface area contributed by atoms with E-state index in [-0.39, 0.29) is 24.6 Å². The Hall–Kier alpha value is -5.32. The molecule has 0 saturated carbocycles. The largest absolute Gasteiger partial charge is 0.445 e. The van der Waals surface area contributed by atoms with Gasteiger partial charge in [0.05, 0.1) is 18.4 Å². The third-order valence-electron chi connectivity index (χ3n) is 8.44. The molecule has 47 heavy (non-hydrogen) atoms. The van der Waals surface area contributed by atoms with Crippen LogP contribution in [-0.2, 0) is 31.5 Å². The van der Waals surface area contributed by atoms with Crippen molar-refractivity contribution in [2.24, 2.45) is 7.05 Å². The van der Waals surface area contributed by atoms with E-state index < -0.39 is 0 Å². The molecule has 0 bridgehead atoms. The van der Waals surface area contributed by atoms with Crippen LogP contribution in [0.25, 0.3) is 0 Å². The molecule has 2 aliphatic heterocycles. The van der Waals surface area contributed by atoms with Crippen molar-refractivity contribution in [1.29, 1.82) is 0 Å². The van der Waals surface area contributed by atoms with Crippen LogP contribution in [0.15, 0.2) is 90.9 Å². The van der Waals surface area contributed by atoms with E-state index in [4.69, 9.17) is 4.74 Å². The molecule has 0 unspecified atom stereocenters. The number of carbonyl (C=O) groups is 3. The van der Waals surface area contributed by atoms with Crippen LogP contribution >= 0.6 is 0 Å². The van der Waals surface area contributed by atoms with Gasteiger partial charge in [0.1, 0.15) is 12.4 Å². The number of rotatable bonds is 7. The van der Waals surface area contributed by atoms with Crippen molar-refractivity contribution in [3.8, 4) is 0 Å². The molecule has 4 amide bonds. The lowest BCUT2D eigenvalue weighted by Gasteiger charge is -2.30. The smallest absolute Gasteiger partial charge is 0.410 e. The third-order valence-corrected chi connectivity index (χ3v) is 8.44.